The highest BCUT2D eigenvalue weighted by Crippen LogP contribution is 2.34. The third-order valence-corrected chi connectivity index (χ3v) is 4.62. The van der Waals surface area contributed by atoms with E-state index in [1.54, 1.807) is 20.8 Å². The van der Waals surface area contributed by atoms with Gasteiger partial charge in [-0.15, -0.1) is 0 Å². The van der Waals surface area contributed by atoms with Crippen LogP contribution in [0.4, 0.5) is 16.2 Å². The Bertz CT molecular complexity index is 648. The van der Waals surface area contributed by atoms with Gasteiger partial charge in [0, 0.05) is 12.6 Å². The number of nitrogens with one attached hydrogen (secondary N) is 2. The summed E-state index contributed by atoms with van der Waals surface area (Å²) < 4.78 is 5.32. The third kappa shape index (κ3) is 4.24. The smallest absolute Gasteiger partial charge is 0.408 e. The van der Waals surface area contributed by atoms with Crippen molar-refractivity contribution in [2.45, 2.75) is 64.1 Å². The van der Waals surface area contributed by atoms with Crippen LogP contribution in [0.1, 0.15) is 46.5 Å². The topological polar surface area (TPSA) is 70.7 Å². The number of carbonyl (C=O) groups is 2. The lowest BCUT2D eigenvalue weighted by atomic mass is 10.1. The van der Waals surface area contributed by atoms with Gasteiger partial charge in [-0.3, -0.25) is 4.79 Å². The quantitative estimate of drug-likeness (QED) is 0.863. The number of benzene rings is 1. The number of hydrogen-bond acceptors (Lipinski definition) is 4. The second-order valence-electron chi connectivity index (χ2n) is 7.80. The van der Waals surface area contributed by atoms with Gasteiger partial charge in [0.25, 0.3) is 0 Å². The van der Waals surface area contributed by atoms with Gasteiger partial charge in [-0.05, 0) is 45.7 Å². The summed E-state index contributed by atoms with van der Waals surface area (Å²) in [6.45, 7) is 5.87. The Balaban J connectivity index is 1.82. The zero-order valence-electron chi connectivity index (χ0n) is 15.2. The zero-order chi connectivity index (χ0) is 18.0. The highest BCUT2D eigenvalue weighted by molar-refractivity contribution is 6.01. The molecule has 3 rings (SSSR count). The zero-order valence-corrected chi connectivity index (χ0v) is 15.2. The second-order valence-corrected chi connectivity index (χ2v) is 7.80. The molecule has 1 fully saturated rings. The van der Waals surface area contributed by atoms with E-state index in [1.807, 2.05) is 24.3 Å². The summed E-state index contributed by atoms with van der Waals surface area (Å²) in [5.41, 5.74) is 1.23. The largest absolute Gasteiger partial charge is 0.444 e. The first kappa shape index (κ1) is 17.6. The molecule has 6 nitrogen and oxygen atoms in total. The molecule has 1 heterocycles. The standard InChI is InChI=1S/C19H27N3O3/c1-19(2,3)25-18(24)21-15-12-22(13-8-4-5-9-13)16-11-7-6-10-14(16)20-17(15)23/h6-7,10-11,13,15H,4-5,8-9,12H2,1-3H3,(H,20,23)(H,21,24). The molecule has 1 atom stereocenters. The van der Waals surface area contributed by atoms with Gasteiger partial charge < -0.3 is 20.3 Å². The van der Waals surface area contributed by atoms with E-state index >= 15 is 0 Å². The van der Waals surface area contributed by atoms with Crippen LogP contribution in [0.15, 0.2) is 24.3 Å². The molecule has 0 saturated heterocycles. The fourth-order valence-corrected chi connectivity index (χ4v) is 3.55. The molecular weight excluding hydrogens is 318 g/mol. The van der Waals surface area contributed by atoms with Crippen molar-refractivity contribution >= 4 is 23.4 Å². The summed E-state index contributed by atoms with van der Waals surface area (Å²) >= 11 is 0. The molecule has 6 heteroatoms. The first-order chi connectivity index (χ1) is 11.8. The van der Waals surface area contributed by atoms with E-state index in [9.17, 15) is 9.59 Å². The molecule has 136 valence electrons. The Hall–Kier alpha value is -2.24. The lowest BCUT2D eigenvalue weighted by Crippen LogP contribution is -2.51. The van der Waals surface area contributed by atoms with Crippen LogP contribution in [-0.4, -0.2) is 36.2 Å². The van der Waals surface area contributed by atoms with Crippen LogP contribution in [0, 0.1) is 0 Å². The highest BCUT2D eigenvalue weighted by Gasteiger charge is 2.34. The number of para-hydroxylation sites is 2. The fourth-order valence-electron chi connectivity index (χ4n) is 3.55. The van der Waals surface area contributed by atoms with Gasteiger partial charge in [0.05, 0.1) is 11.4 Å². The Labute approximate surface area is 148 Å². The molecule has 1 aromatic rings. The molecule has 0 aromatic heterocycles. The summed E-state index contributed by atoms with van der Waals surface area (Å²) in [5, 5.41) is 5.68. The van der Waals surface area contributed by atoms with Crippen LogP contribution in [0.5, 0.6) is 0 Å². The Morgan fingerprint density at radius 2 is 1.92 bits per heavy atom. The number of fused-ring (bicyclic) bond motifs is 1. The molecule has 25 heavy (non-hydrogen) atoms. The maximum Gasteiger partial charge on any atom is 0.408 e. The summed E-state index contributed by atoms with van der Waals surface area (Å²) in [4.78, 5) is 27.1. The van der Waals surface area contributed by atoms with Crippen LogP contribution in [0.2, 0.25) is 0 Å². The number of anilines is 2. The molecule has 2 N–H and O–H groups in total. The minimum absolute atomic E-state index is 0.209. The number of carbonyl (C=O) groups excluding carboxylic acids is 2. The molecule has 0 radical (unpaired) electrons. The average molecular weight is 345 g/mol. The monoisotopic (exact) mass is 345 g/mol. The predicted octanol–water partition coefficient (Wildman–Crippen LogP) is 3.28. The average Bonchev–Trinajstić information content (AvgIpc) is 3.00. The molecule has 1 saturated carbocycles. The molecule has 1 aromatic carbocycles. The van der Waals surface area contributed by atoms with Crippen molar-refractivity contribution in [3.05, 3.63) is 24.3 Å². The summed E-state index contributed by atoms with van der Waals surface area (Å²) in [5.74, 6) is -0.209. The van der Waals surface area contributed by atoms with Gasteiger partial charge in [0.1, 0.15) is 11.6 Å². The van der Waals surface area contributed by atoms with Crippen molar-refractivity contribution in [2.75, 3.05) is 16.8 Å². The number of alkyl carbamates (subject to hydrolysis) is 1. The van der Waals surface area contributed by atoms with Crippen LogP contribution in [-0.2, 0) is 9.53 Å². The number of hydrogen-bond donors (Lipinski definition) is 2. The van der Waals surface area contributed by atoms with Crippen LogP contribution >= 0.6 is 0 Å². The van der Waals surface area contributed by atoms with E-state index in [0.29, 0.717) is 12.6 Å². The van der Waals surface area contributed by atoms with E-state index in [0.717, 1.165) is 24.2 Å². The van der Waals surface area contributed by atoms with E-state index < -0.39 is 17.7 Å². The van der Waals surface area contributed by atoms with Crippen molar-refractivity contribution in [2.24, 2.45) is 0 Å². The Kier molecular flexibility index (Phi) is 4.88. The van der Waals surface area contributed by atoms with Crippen molar-refractivity contribution in [3.8, 4) is 0 Å². The predicted molar refractivity (Wildman–Crippen MR) is 97.8 cm³/mol. The van der Waals surface area contributed by atoms with Gasteiger partial charge in [-0.25, -0.2) is 4.79 Å². The number of ether oxygens (including phenoxy) is 1. The van der Waals surface area contributed by atoms with E-state index in [2.05, 4.69) is 15.5 Å². The molecule has 0 spiro atoms. The van der Waals surface area contributed by atoms with Gasteiger partial charge in [-0.1, -0.05) is 25.0 Å². The second kappa shape index (κ2) is 6.94. The molecule has 0 bridgehead atoms. The summed E-state index contributed by atoms with van der Waals surface area (Å²) in [6.07, 6.45) is 4.07. The van der Waals surface area contributed by atoms with E-state index in [1.165, 1.54) is 12.8 Å². The lowest BCUT2D eigenvalue weighted by Gasteiger charge is -2.32. The van der Waals surface area contributed by atoms with Crippen LogP contribution < -0.4 is 15.5 Å². The first-order valence-electron chi connectivity index (χ1n) is 8.99. The van der Waals surface area contributed by atoms with E-state index in [4.69, 9.17) is 4.74 Å². The molecule has 2 aliphatic rings. The minimum Gasteiger partial charge on any atom is -0.444 e. The Morgan fingerprint density at radius 1 is 1.24 bits per heavy atom. The van der Waals surface area contributed by atoms with E-state index in [-0.39, 0.29) is 5.91 Å². The van der Waals surface area contributed by atoms with Crippen LogP contribution in [0.25, 0.3) is 0 Å². The molecule has 2 amide bonds. The molecule has 1 aliphatic carbocycles. The highest BCUT2D eigenvalue weighted by atomic mass is 16.6. The molecule has 1 aliphatic heterocycles. The van der Waals surface area contributed by atoms with Crippen molar-refractivity contribution in [1.82, 2.24) is 5.32 Å². The number of nitrogens with zero attached hydrogens (tertiary/aromatic N) is 1. The van der Waals surface area contributed by atoms with Gasteiger partial charge in [0.15, 0.2) is 0 Å². The molecular formula is C19H27N3O3. The summed E-state index contributed by atoms with van der Waals surface area (Å²) in [6, 6.07) is 7.58. The van der Waals surface area contributed by atoms with Gasteiger partial charge >= 0.3 is 6.09 Å². The maximum atomic E-state index is 12.6. The Morgan fingerprint density at radius 3 is 2.60 bits per heavy atom. The maximum absolute atomic E-state index is 12.6. The van der Waals surface area contributed by atoms with Crippen molar-refractivity contribution in [1.29, 1.82) is 0 Å². The first-order valence-corrected chi connectivity index (χ1v) is 8.99. The van der Waals surface area contributed by atoms with Gasteiger partial charge in [-0.2, -0.15) is 0 Å². The minimum atomic E-state index is -0.650. The molecule has 1 unspecified atom stereocenters. The van der Waals surface area contributed by atoms with Crippen molar-refractivity contribution in [3.63, 3.8) is 0 Å². The third-order valence-electron chi connectivity index (χ3n) is 4.62. The van der Waals surface area contributed by atoms with Crippen molar-refractivity contribution < 1.29 is 14.3 Å². The van der Waals surface area contributed by atoms with Gasteiger partial charge in [0.2, 0.25) is 5.91 Å². The number of rotatable bonds is 2. The lowest BCUT2D eigenvalue weighted by molar-refractivity contribution is -0.117. The summed E-state index contributed by atoms with van der Waals surface area (Å²) in [7, 11) is 0. The van der Waals surface area contributed by atoms with Crippen LogP contribution in [0.3, 0.4) is 0 Å². The fraction of sp³-hybridized carbons (Fsp3) is 0.579. The normalized spacial score (nSPS) is 21.3. The number of amides is 2. The SMILES string of the molecule is CC(C)(C)OC(=O)NC1CN(C2CCCC2)c2ccccc2NC1=O.